The molecule has 0 radical (unpaired) electrons. The molecule has 3 atom stereocenters. The second kappa shape index (κ2) is 5.06. The summed E-state index contributed by atoms with van der Waals surface area (Å²) in [7, 11) is 0. The van der Waals surface area contributed by atoms with Gasteiger partial charge in [-0.3, -0.25) is 14.6 Å². The molecule has 0 aromatic heterocycles. The van der Waals surface area contributed by atoms with Crippen LogP contribution in [0.25, 0.3) is 0 Å². The Morgan fingerprint density at radius 1 is 1.21 bits per heavy atom. The minimum Gasteiger partial charge on any atom is -0.480 e. The molecule has 0 aliphatic carbocycles. The third-order valence-electron chi connectivity index (χ3n) is 5.57. The van der Waals surface area contributed by atoms with Crippen LogP contribution >= 0.6 is 0 Å². The first-order chi connectivity index (χ1) is 9.19. The molecule has 4 nitrogen and oxygen atoms in total. The zero-order chi connectivity index (χ0) is 13.5. The van der Waals surface area contributed by atoms with Gasteiger partial charge in [0.15, 0.2) is 0 Å². The number of nitrogens with zero attached hydrogens (tertiary/aromatic N) is 2. The summed E-state index contributed by atoms with van der Waals surface area (Å²) in [6.07, 6.45) is 7.40. The van der Waals surface area contributed by atoms with Crippen LogP contribution < -0.4 is 0 Å². The molecule has 0 saturated carbocycles. The standard InChI is InChI=1S/C15H26N2O2/c1-2-7-15(14(18)19)8-4-10-17(15)13-6-11-16-9-3-5-12(13)16/h12-13H,2-11H2,1H3,(H,18,19). The first kappa shape index (κ1) is 13.4. The second-order valence-electron chi connectivity index (χ2n) is 6.49. The predicted octanol–water partition coefficient (Wildman–Crippen LogP) is 1.94. The summed E-state index contributed by atoms with van der Waals surface area (Å²) in [5.74, 6) is -0.580. The minimum absolute atomic E-state index is 0.493. The summed E-state index contributed by atoms with van der Waals surface area (Å²) in [5.41, 5.74) is -0.558. The molecule has 3 heterocycles. The van der Waals surface area contributed by atoms with Gasteiger partial charge in [0.25, 0.3) is 0 Å². The molecule has 108 valence electrons. The maximum absolute atomic E-state index is 11.9. The Balaban J connectivity index is 1.84. The van der Waals surface area contributed by atoms with E-state index in [0.717, 1.165) is 32.2 Å². The topological polar surface area (TPSA) is 43.8 Å². The Kier molecular flexibility index (Phi) is 3.56. The number of carboxylic acids is 1. The van der Waals surface area contributed by atoms with E-state index in [1.54, 1.807) is 0 Å². The number of hydrogen-bond acceptors (Lipinski definition) is 3. The lowest BCUT2D eigenvalue weighted by Gasteiger charge is -2.41. The van der Waals surface area contributed by atoms with Gasteiger partial charge >= 0.3 is 5.97 Å². The normalized spacial score (nSPS) is 39.8. The van der Waals surface area contributed by atoms with E-state index in [1.807, 2.05) is 0 Å². The van der Waals surface area contributed by atoms with Crippen LogP contribution in [-0.4, -0.2) is 58.1 Å². The Morgan fingerprint density at radius 2 is 2.05 bits per heavy atom. The van der Waals surface area contributed by atoms with E-state index in [1.165, 1.54) is 32.4 Å². The Morgan fingerprint density at radius 3 is 2.79 bits per heavy atom. The number of carbonyl (C=O) groups is 1. The third kappa shape index (κ3) is 2.00. The molecule has 4 heteroatoms. The van der Waals surface area contributed by atoms with Gasteiger partial charge in [0, 0.05) is 18.6 Å². The number of hydrogen-bond donors (Lipinski definition) is 1. The summed E-state index contributed by atoms with van der Waals surface area (Å²) in [5, 5.41) is 9.81. The highest BCUT2D eigenvalue weighted by Gasteiger charge is 2.53. The molecule has 3 rings (SSSR count). The van der Waals surface area contributed by atoms with E-state index in [4.69, 9.17) is 0 Å². The highest BCUT2D eigenvalue weighted by molar-refractivity contribution is 5.79. The van der Waals surface area contributed by atoms with Crippen LogP contribution in [0.15, 0.2) is 0 Å². The molecule has 3 unspecified atom stereocenters. The molecule has 3 aliphatic heterocycles. The Labute approximate surface area is 115 Å². The molecule has 0 spiro atoms. The van der Waals surface area contributed by atoms with Crippen molar-refractivity contribution >= 4 is 5.97 Å². The fourth-order valence-corrected chi connectivity index (χ4v) is 4.82. The van der Waals surface area contributed by atoms with Crippen LogP contribution in [0.4, 0.5) is 0 Å². The van der Waals surface area contributed by atoms with Crippen molar-refractivity contribution in [3.05, 3.63) is 0 Å². The maximum atomic E-state index is 11.9. The zero-order valence-corrected chi connectivity index (χ0v) is 12.0. The van der Waals surface area contributed by atoms with Crippen LogP contribution in [0, 0.1) is 0 Å². The highest BCUT2D eigenvalue weighted by Crippen LogP contribution is 2.41. The van der Waals surface area contributed by atoms with E-state index in [9.17, 15) is 9.90 Å². The number of rotatable bonds is 4. The molecule has 19 heavy (non-hydrogen) atoms. The van der Waals surface area contributed by atoms with Crippen molar-refractivity contribution in [3.63, 3.8) is 0 Å². The van der Waals surface area contributed by atoms with Gasteiger partial charge in [-0.15, -0.1) is 0 Å². The zero-order valence-electron chi connectivity index (χ0n) is 12.0. The average Bonchev–Trinajstić information content (AvgIpc) is 3.03. The van der Waals surface area contributed by atoms with Gasteiger partial charge in [0.1, 0.15) is 5.54 Å². The van der Waals surface area contributed by atoms with Gasteiger partial charge in [-0.1, -0.05) is 13.3 Å². The summed E-state index contributed by atoms with van der Waals surface area (Å²) < 4.78 is 0. The number of likely N-dealkylation sites (tertiary alicyclic amines) is 1. The third-order valence-corrected chi connectivity index (χ3v) is 5.57. The van der Waals surface area contributed by atoms with E-state index >= 15 is 0 Å². The summed E-state index contributed by atoms with van der Waals surface area (Å²) in [6.45, 7) is 5.50. The van der Waals surface area contributed by atoms with Gasteiger partial charge in [0.2, 0.25) is 0 Å². The van der Waals surface area contributed by atoms with Crippen LogP contribution in [0.2, 0.25) is 0 Å². The van der Waals surface area contributed by atoms with Gasteiger partial charge < -0.3 is 5.11 Å². The van der Waals surface area contributed by atoms with Crippen molar-refractivity contribution < 1.29 is 9.90 Å². The maximum Gasteiger partial charge on any atom is 0.324 e. The van der Waals surface area contributed by atoms with Crippen molar-refractivity contribution in [3.8, 4) is 0 Å². The van der Waals surface area contributed by atoms with Crippen molar-refractivity contribution in [2.75, 3.05) is 19.6 Å². The van der Waals surface area contributed by atoms with Crippen molar-refractivity contribution in [2.24, 2.45) is 0 Å². The lowest BCUT2D eigenvalue weighted by atomic mass is 9.88. The molecule has 0 amide bonds. The summed E-state index contributed by atoms with van der Waals surface area (Å²) in [4.78, 5) is 16.9. The van der Waals surface area contributed by atoms with Crippen molar-refractivity contribution in [1.82, 2.24) is 9.80 Å². The van der Waals surface area contributed by atoms with Gasteiger partial charge in [-0.2, -0.15) is 0 Å². The monoisotopic (exact) mass is 266 g/mol. The van der Waals surface area contributed by atoms with Crippen LogP contribution in [0.1, 0.15) is 51.9 Å². The molecule has 0 aromatic rings. The van der Waals surface area contributed by atoms with Crippen LogP contribution in [0.3, 0.4) is 0 Å². The molecule has 0 aromatic carbocycles. The number of carboxylic acid groups (broad SMARTS) is 1. The Hall–Kier alpha value is -0.610. The Bertz CT molecular complexity index is 360. The summed E-state index contributed by atoms with van der Waals surface area (Å²) >= 11 is 0. The van der Waals surface area contributed by atoms with E-state index in [0.29, 0.717) is 12.1 Å². The molecular formula is C15H26N2O2. The van der Waals surface area contributed by atoms with Gasteiger partial charge in [-0.25, -0.2) is 0 Å². The fourth-order valence-electron chi connectivity index (χ4n) is 4.82. The first-order valence-corrected chi connectivity index (χ1v) is 7.93. The van der Waals surface area contributed by atoms with Crippen LogP contribution in [-0.2, 0) is 4.79 Å². The van der Waals surface area contributed by atoms with E-state index < -0.39 is 11.5 Å². The molecule has 3 fully saturated rings. The molecule has 3 aliphatic rings. The quantitative estimate of drug-likeness (QED) is 0.844. The fraction of sp³-hybridized carbons (Fsp3) is 0.933. The SMILES string of the molecule is CCCC1(C(=O)O)CCCN1C1CCN2CCCC12. The summed E-state index contributed by atoms with van der Waals surface area (Å²) in [6, 6.07) is 1.13. The molecular weight excluding hydrogens is 240 g/mol. The van der Waals surface area contributed by atoms with Crippen LogP contribution in [0.5, 0.6) is 0 Å². The molecule has 1 N–H and O–H groups in total. The number of aliphatic carboxylic acids is 1. The minimum atomic E-state index is -0.580. The first-order valence-electron chi connectivity index (χ1n) is 7.93. The van der Waals surface area contributed by atoms with Gasteiger partial charge in [0.05, 0.1) is 0 Å². The lowest BCUT2D eigenvalue weighted by Crippen LogP contribution is -2.57. The second-order valence-corrected chi connectivity index (χ2v) is 6.49. The molecule has 0 bridgehead atoms. The average molecular weight is 266 g/mol. The van der Waals surface area contributed by atoms with Crippen molar-refractivity contribution in [2.45, 2.75) is 69.5 Å². The highest BCUT2D eigenvalue weighted by atomic mass is 16.4. The van der Waals surface area contributed by atoms with E-state index in [2.05, 4.69) is 16.7 Å². The smallest absolute Gasteiger partial charge is 0.324 e. The lowest BCUT2D eigenvalue weighted by molar-refractivity contribution is -0.152. The van der Waals surface area contributed by atoms with E-state index in [-0.39, 0.29) is 0 Å². The largest absolute Gasteiger partial charge is 0.480 e. The van der Waals surface area contributed by atoms with Gasteiger partial charge in [-0.05, 0) is 51.6 Å². The number of fused-ring (bicyclic) bond motifs is 1. The molecule has 3 saturated heterocycles. The van der Waals surface area contributed by atoms with Crippen molar-refractivity contribution in [1.29, 1.82) is 0 Å². The predicted molar refractivity (Wildman–Crippen MR) is 74.2 cm³/mol.